The van der Waals surface area contributed by atoms with E-state index in [0.29, 0.717) is 28.1 Å². The lowest BCUT2D eigenvalue weighted by Crippen LogP contribution is -2.10. The standard InChI is InChI=1S/C28H23N3O/c1-28(2,3)15-20-14-24(31-17-30-20)23-11-7-10-21-22-13-12-19(16-29)25(27(22)32-26(21)23)18-8-5-4-6-9-18/h4-14,17H,15H2,1-3H3/i15D2. The first kappa shape index (κ1) is 17.7. The lowest BCUT2D eigenvalue weighted by molar-refractivity contribution is 0.406. The Labute approximate surface area is 190 Å². The van der Waals surface area contributed by atoms with Crippen LogP contribution >= 0.6 is 0 Å². The van der Waals surface area contributed by atoms with E-state index in [1.807, 2.05) is 81.4 Å². The number of hydrogen-bond acceptors (Lipinski definition) is 4. The van der Waals surface area contributed by atoms with E-state index < -0.39 is 11.8 Å². The van der Waals surface area contributed by atoms with E-state index >= 15 is 0 Å². The fourth-order valence-electron chi connectivity index (χ4n) is 4.01. The van der Waals surface area contributed by atoms with Gasteiger partial charge in [0.05, 0.1) is 17.3 Å². The number of rotatable bonds is 3. The van der Waals surface area contributed by atoms with Gasteiger partial charge in [-0.05, 0) is 41.6 Å². The van der Waals surface area contributed by atoms with Crippen molar-refractivity contribution >= 4 is 21.9 Å². The zero-order chi connectivity index (χ0) is 24.1. The van der Waals surface area contributed by atoms with Crippen LogP contribution in [0.5, 0.6) is 0 Å². The van der Waals surface area contributed by atoms with Gasteiger partial charge in [-0.1, -0.05) is 63.2 Å². The number of para-hydroxylation sites is 1. The minimum Gasteiger partial charge on any atom is -0.455 e. The molecule has 0 spiro atoms. The van der Waals surface area contributed by atoms with Crippen molar-refractivity contribution in [2.75, 3.05) is 0 Å². The Morgan fingerprint density at radius 3 is 2.47 bits per heavy atom. The molecule has 0 saturated heterocycles. The second kappa shape index (κ2) is 7.62. The van der Waals surface area contributed by atoms with Crippen LogP contribution in [0.3, 0.4) is 0 Å². The average molecular weight is 420 g/mol. The van der Waals surface area contributed by atoms with Crippen molar-refractivity contribution in [2.24, 2.45) is 5.41 Å². The first-order valence-electron chi connectivity index (χ1n) is 11.5. The zero-order valence-electron chi connectivity index (χ0n) is 20.2. The average Bonchev–Trinajstić information content (AvgIpc) is 3.22. The Morgan fingerprint density at radius 1 is 0.938 bits per heavy atom. The van der Waals surface area contributed by atoms with E-state index in [2.05, 4.69) is 16.0 Å². The third-order valence-electron chi connectivity index (χ3n) is 5.30. The topological polar surface area (TPSA) is 62.7 Å². The molecule has 32 heavy (non-hydrogen) atoms. The number of nitrogens with zero attached hydrogens (tertiary/aromatic N) is 3. The van der Waals surface area contributed by atoms with E-state index in [-0.39, 0.29) is 0 Å². The summed E-state index contributed by atoms with van der Waals surface area (Å²) in [5.41, 5.74) is 4.53. The monoisotopic (exact) mass is 419 g/mol. The maximum absolute atomic E-state index is 9.77. The van der Waals surface area contributed by atoms with Gasteiger partial charge in [-0.15, -0.1) is 0 Å². The molecule has 0 aliphatic heterocycles. The fourth-order valence-corrected chi connectivity index (χ4v) is 4.01. The highest BCUT2D eigenvalue weighted by atomic mass is 16.3. The highest BCUT2D eigenvalue weighted by Crippen LogP contribution is 2.40. The minimum absolute atomic E-state index is 0.329. The Bertz CT molecular complexity index is 1580. The summed E-state index contributed by atoms with van der Waals surface area (Å²) in [5, 5.41) is 11.6. The van der Waals surface area contributed by atoms with Crippen molar-refractivity contribution < 1.29 is 7.16 Å². The SMILES string of the molecule is [2H]C([2H])(c1cc(-c2cccc3c2oc2c(-c4ccccc4)c(C#N)ccc23)ncn1)C(C)(C)C. The molecule has 3 aromatic carbocycles. The predicted molar refractivity (Wildman–Crippen MR) is 128 cm³/mol. The Balaban J connectivity index is 1.78. The summed E-state index contributed by atoms with van der Waals surface area (Å²) in [6.45, 7) is 5.56. The molecule has 0 saturated carbocycles. The summed E-state index contributed by atoms with van der Waals surface area (Å²) in [5.74, 6) is 0. The van der Waals surface area contributed by atoms with Gasteiger partial charge in [-0.2, -0.15) is 5.26 Å². The van der Waals surface area contributed by atoms with Gasteiger partial charge in [-0.25, -0.2) is 9.97 Å². The molecule has 0 bridgehead atoms. The number of furan rings is 1. The first-order valence-corrected chi connectivity index (χ1v) is 10.5. The van der Waals surface area contributed by atoms with E-state index in [1.165, 1.54) is 6.33 Å². The van der Waals surface area contributed by atoms with Gasteiger partial charge < -0.3 is 4.42 Å². The molecule has 0 aliphatic carbocycles. The molecule has 5 aromatic rings. The molecule has 0 N–H and O–H groups in total. The normalized spacial score (nSPS) is 13.1. The Kier molecular flexibility index (Phi) is 4.21. The third-order valence-corrected chi connectivity index (χ3v) is 5.30. The van der Waals surface area contributed by atoms with Crippen LogP contribution in [0.25, 0.3) is 44.3 Å². The molecule has 0 unspecified atom stereocenters. The minimum atomic E-state index is -1.64. The fraction of sp³-hybridized carbons (Fsp3) is 0.179. The number of aromatic nitrogens is 2. The molecule has 0 atom stereocenters. The number of hydrogen-bond donors (Lipinski definition) is 0. The van der Waals surface area contributed by atoms with Crippen LogP contribution in [0.1, 0.15) is 34.8 Å². The van der Waals surface area contributed by atoms with Crippen LogP contribution in [0.4, 0.5) is 0 Å². The van der Waals surface area contributed by atoms with Crippen molar-refractivity contribution in [3.05, 3.63) is 84.3 Å². The summed E-state index contributed by atoms with van der Waals surface area (Å²) in [6, 6.07) is 23.3. The summed E-state index contributed by atoms with van der Waals surface area (Å²) >= 11 is 0. The second-order valence-electron chi connectivity index (χ2n) is 8.79. The van der Waals surface area contributed by atoms with Gasteiger partial charge in [0.1, 0.15) is 17.5 Å². The lowest BCUT2D eigenvalue weighted by atomic mass is 9.90. The summed E-state index contributed by atoms with van der Waals surface area (Å²) in [6.07, 6.45) is -0.243. The quantitative estimate of drug-likeness (QED) is 0.311. The number of benzene rings is 3. The number of nitriles is 1. The van der Waals surface area contributed by atoms with Crippen LogP contribution in [0, 0.1) is 16.7 Å². The van der Waals surface area contributed by atoms with E-state index in [1.54, 1.807) is 6.07 Å². The van der Waals surface area contributed by atoms with Crippen molar-refractivity contribution in [1.82, 2.24) is 9.97 Å². The molecular formula is C28H23N3O. The number of fused-ring (bicyclic) bond motifs is 3. The molecule has 5 rings (SSSR count). The van der Waals surface area contributed by atoms with Gasteiger partial charge in [0.15, 0.2) is 0 Å². The molecule has 4 heteroatoms. The van der Waals surface area contributed by atoms with Crippen LogP contribution in [0.2, 0.25) is 0 Å². The summed E-state index contributed by atoms with van der Waals surface area (Å²) in [7, 11) is 0. The predicted octanol–water partition coefficient (Wildman–Crippen LogP) is 7.17. The smallest absolute Gasteiger partial charge is 0.144 e. The third kappa shape index (κ3) is 3.52. The summed E-state index contributed by atoms with van der Waals surface area (Å²) < 4.78 is 23.7. The van der Waals surface area contributed by atoms with Crippen molar-refractivity contribution in [1.29, 1.82) is 5.26 Å². The Morgan fingerprint density at radius 2 is 1.72 bits per heavy atom. The van der Waals surface area contributed by atoms with E-state index in [0.717, 1.165) is 27.5 Å². The van der Waals surface area contributed by atoms with Gasteiger partial charge in [-0.3, -0.25) is 0 Å². The van der Waals surface area contributed by atoms with Gasteiger partial charge in [0.25, 0.3) is 0 Å². The van der Waals surface area contributed by atoms with Gasteiger partial charge in [0, 0.05) is 30.3 Å². The Hall–Kier alpha value is -3.97. The molecule has 2 heterocycles. The molecule has 0 fully saturated rings. The zero-order valence-corrected chi connectivity index (χ0v) is 18.2. The van der Waals surface area contributed by atoms with Crippen molar-refractivity contribution in [3.8, 4) is 28.5 Å². The molecule has 2 aromatic heterocycles. The maximum Gasteiger partial charge on any atom is 0.144 e. The largest absolute Gasteiger partial charge is 0.455 e. The van der Waals surface area contributed by atoms with Crippen LogP contribution in [0.15, 0.2) is 77.5 Å². The lowest BCUT2D eigenvalue weighted by Gasteiger charge is -2.17. The molecule has 0 radical (unpaired) electrons. The maximum atomic E-state index is 9.77. The van der Waals surface area contributed by atoms with E-state index in [4.69, 9.17) is 7.16 Å². The molecule has 0 aliphatic rings. The molecular weight excluding hydrogens is 394 g/mol. The van der Waals surface area contributed by atoms with Crippen LogP contribution in [-0.2, 0) is 6.37 Å². The van der Waals surface area contributed by atoms with Crippen molar-refractivity contribution in [3.63, 3.8) is 0 Å². The molecule has 156 valence electrons. The highest BCUT2D eigenvalue weighted by molar-refractivity contribution is 6.13. The summed E-state index contributed by atoms with van der Waals surface area (Å²) in [4.78, 5) is 8.70. The van der Waals surface area contributed by atoms with E-state index in [9.17, 15) is 5.26 Å². The molecule has 4 nitrogen and oxygen atoms in total. The second-order valence-corrected chi connectivity index (χ2v) is 8.79. The van der Waals surface area contributed by atoms with Gasteiger partial charge >= 0.3 is 0 Å². The van der Waals surface area contributed by atoms with Crippen LogP contribution in [-0.4, -0.2) is 9.97 Å². The molecule has 0 amide bonds. The highest BCUT2D eigenvalue weighted by Gasteiger charge is 2.19. The van der Waals surface area contributed by atoms with Crippen LogP contribution < -0.4 is 0 Å². The van der Waals surface area contributed by atoms with Crippen molar-refractivity contribution in [2.45, 2.75) is 27.1 Å². The first-order chi connectivity index (χ1) is 16.2. The van der Waals surface area contributed by atoms with Gasteiger partial charge in [0.2, 0.25) is 0 Å².